The monoisotopic (exact) mass is 456 g/mol. The lowest BCUT2D eigenvalue weighted by molar-refractivity contribution is 0.686. The van der Waals surface area contributed by atoms with Crippen molar-refractivity contribution in [3.05, 3.63) is 95.2 Å². The van der Waals surface area contributed by atoms with Gasteiger partial charge >= 0.3 is 5.69 Å². The van der Waals surface area contributed by atoms with Gasteiger partial charge in [0, 0.05) is 17.1 Å². The van der Waals surface area contributed by atoms with Crippen LogP contribution >= 0.6 is 0 Å². The number of fused-ring (bicyclic) bond motifs is 4. The van der Waals surface area contributed by atoms with Crippen LogP contribution in [-0.2, 0) is 5.41 Å². The molecule has 0 aliphatic rings. The van der Waals surface area contributed by atoms with Crippen LogP contribution in [0.1, 0.15) is 19.4 Å². The summed E-state index contributed by atoms with van der Waals surface area (Å²) < 4.78 is 1.61. The number of benzene rings is 2. The second kappa shape index (κ2) is 7.61. The molecule has 35 heavy (non-hydrogen) atoms. The summed E-state index contributed by atoms with van der Waals surface area (Å²) in [5.74, 6) is 0. The van der Waals surface area contributed by atoms with Gasteiger partial charge in [-0.3, -0.25) is 14.5 Å². The molecule has 0 aliphatic carbocycles. The normalized spacial score (nSPS) is 11.8. The van der Waals surface area contributed by atoms with Crippen LogP contribution in [0.15, 0.2) is 83.9 Å². The predicted molar refractivity (Wildman–Crippen MR) is 136 cm³/mol. The Hall–Kier alpha value is -4.83. The van der Waals surface area contributed by atoms with Gasteiger partial charge in [0.25, 0.3) is 0 Å². The summed E-state index contributed by atoms with van der Waals surface area (Å²) >= 11 is 0. The Labute approximate surface area is 200 Å². The Balaban J connectivity index is 1.56. The van der Waals surface area contributed by atoms with E-state index in [1.54, 1.807) is 10.8 Å². The number of rotatable bonds is 3. The molecule has 6 rings (SSSR count). The van der Waals surface area contributed by atoms with Crippen LogP contribution in [0.5, 0.6) is 0 Å². The van der Waals surface area contributed by atoms with Crippen LogP contribution in [-0.4, -0.2) is 24.5 Å². The Morgan fingerprint density at radius 2 is 1.71 bits per heavy atom. The number of nitrogens with one attached hydrogen (secondary N) is 1. The number of H-pyrrole nitrogens is 1. The maximum absolute atomic E-state index is 13.0. The third-order valence-corrected chi connectivity index (χ3v) is 6.37. The Morgan fingerprint density at radius 1 is 0.943 bits per heavy atom. The number of para-hydroxylation sites is 1. The molecule has 168 valence electrons. The smallest absolute Gasteiger partial charge is 0.304 e. The number of pyridine rings is 3. The van der Waals surface area contributed by atoms with Gasteiger partial charge in [0.1, 0.15) is 11.0 Å². The molecule has 0 saturated heterocycles. The maximum Gasteiger partial charge on any atom is 0.331 e. The van der Waals surface area contributed by atoms with E-state index in [-0.39, 0.29) is 5.69 Å². The summed E-state index contributed by atoms with van der Waals surface area (Å²) in [5.41, 5.74) is 5.78. The lowest BCUT2D eigenvalue weighted by atomic mass is 9.86. The first-order valence-corrected chi connectivity index (χ1v) is 11.2. The predicted octanol–water partition coefficient (Wildman–Crippen LogP) is 5.28. The molecule has 0 fully saturated rings. The number of hydrogen-bond acceptors (Lipinski definition) is 5. The molecule has 0 spiro atoms. The molecule has 4 heterocycles. The molecule has 0 saturated carbocycles. The Kier molecular flexibility index (Phi) is 4.51. The number of aromatic amines is 1. The first-order valence-electron chi connectivity index (χ1n) is 11.2. The van der Waals surface area contributed by atoms with E-state index in [1.807, 2.05) is 80.7 Å². The lowest BCUT2D eigenvalue weighted by Crippen LogP contribution is -2.16. The van der Waals surface area contributed by atoms with Gasteiger partial charge in [-0.25, -0.2) is 9.78 Å². The highest BCUT2D eigenvalue weighted by molar-refractivity contribution is 6.01. The fraction of sp³-hybridized carbons (Fsp3) is 0.107. The SMILES string of the molecule is CC(C)(C#N)c1ccc(-n2c(=O)[nH]c3cnc4ccc(-c5cnc6ccccc6c5)nc4c32)cc1. The zero-order valence-corrected chi connectivity index (χ0v) is 19.1. The Bertz CT molecular complexity index is 1860. The number of aromatic nitrogens is 5. The van der Waals surface area contributed by atoms with Crippen LogP contribution in [0, 0.1) is 11.3 Å². The fourth-order valence-electron chi connectivity index (χ4n) is 4.35. The highest BCUT2D eigenvalue weighted by atomic mass is 16.1. The minimum Gasteiger partial charge on any atom is -0.304 e. The van der Waals surface area contributed by atoms with E-state index in [9.17, 15) is 10.1 Å². The Morgan fingerprint density at radius 3 is 2.51 bits per heavy atom. The number of nitrogens with zero attached hydrogens (tertiary/aromatic N) is 5. The van der Waals surface area contributed by atoms with Crippen LogP contribution < -0.4 is 5.69 Å². The van der Waals surface area contributed by atoms with Gasteiger partial charge in [0.05, 0.1) is 45.6 Å². The molecule has 0 aliphatic heterocycles. The van der Waals surface area contributed by atoms with Gasteiger partial charge in [-0.1, -0.05) is 30.3 Å². The largest absolute Gasteiger partial charge is 0.331 e. The van der Waals surface area contributed by atoms with Crippen molar-refractivity contribution in [1.29, 1.82) is 5.26 Å². The summed E-state index contributed by atoms with van der Waals surface area (Å²) in [6, 6.07) is 23.6. The zero-order chi connectivity index (χ0) is 24.2. The highest BCUT2D eigenvalue weighted by Gasteiger charge is 2.20. The van der Waals surface area contributed by atoms with E-state index in [2.05, 4.69) is 27.1 Å². The molecule has 2 aromatic carbocycles. The van der Waals surface area contributed by atoms with Crippen LogP contribution in [0.4, 0.5) is 0 Å². The van der Waals surface area contributed by atoms with Crippen molar-refractivity contribution in [2.75, 3.05) is 0 Å². The van der Waals surface area contributed by atoms with Gasteiger partial charge in [0.15, 0.2) is 0 Å². The first kappa shape index (κ1) is 20.8. The second-order valence-corrected chi connectivity index (χ2v) is 9.05. The zero-order valence-electron chi connectivity index (χ0n) is 19.1. The van der Waals surface area contributed by atoms with Crippen molar-refractivity contribution in [3.8, 4) is 23.0 Å². The maximum atomic E-state index is 13.0. The van der Waals surface area contributed by atoms with Crippen molar-refractivity contribution >= 4 is 33.0 Å². The quantitative estimate of drug-likeness (QED) is 0.391. The molecular formula is C28H20N6O. The number of imidazole rings is 1. The first-order chi connectivity index (χ1) is 16.9. The molecule has 4 aromatic heterocycles. The van der Waals surface area contributed by atoms with Crippen LogP contribution in [0.25, 0.3) is 49.9 Å². The molecule has 0 radical (unpaired) electrons. The number of hydrogen-bond donors (Lipinski definition) is 1. The topological polar surface area (TPSA) is 100 Å². The molecule has 7 nitrogen and oxygen atoms in total. The van der Waals surface area contributed by atoms with Gasteiger partial charge < -0.3 is 4.98 Å². The molecule has 1 N–H and O–H groups in total. The number of nitriles is 1. The van der Waals surface area contributed by atoms with Crippen LogP contribution in [0.3, 0.4) is 0 Å². The van der Waals surface area contributed by atoms with Crippen LogP contribution in [0.2, 0.25) is 0 Å². The highest BCUT2D eigenvalue weighted by Crippen LogP contribution is 2.28. The van der Waals surface area contributed by atoms with Gasteiger partial charge in [-0.15, -0.1) is 0 Å². The molecule has 6 aromatic rings. The minimum atomic E-state index is -0.620. The summed E-state index contributed by atoms with van der Waals surface area (Å²) in [6.45, 7) is 3.73. The van der Waals surface area contributed by atoms with E-state index in [1.165, 1.54) is 0 Å². The lowest BCUT2D eigenvalue weighted by Gasteiger charge is -2.16. The molecular weight excluding hydrogens is 436 g/mol. The summed E-state index contributed by atoms with van der Waals surface area (Å²) in [5, 5.41) is 10.5. The third kappa shape index (κ3) is 3.35. The van der Waals surface area contributed by atoms with Crippen molar-refractivity contribution in [2.24, 2.45) is 0 Å². The average molecular weight is 457 g/mol. The molecule has 0 atom stereocenters. The molecule has 7 heteroatoms. The minimum absolute atomic E-state index is 0.277. The summed E-state index contributed by atoms with van der Waals surface area (Å²) in [4.78, 5) is 29.9. The van der Waals surface area contributed by atoms with E-state index in [4.69, 9.17) is 4.98 Å². The van der Waals surface area contributed by atoms with Crippen molar-refractivity contribution in [1.82, 2.24) is 24.5 Å². The molecule has 0 unspecified atom stereocenters. The van der Waals surface area contributed by atoms with Gasteiger partial charge in [-0.2, -0.15) is 5.26 Å². The van der Waals surface area contributed by atoms with Crippen molar-refractivity contribution in [2.45, 2.75) is 19.3 Å². The standard InChI is InChI=1S/C28H20N6O/c1-28(2,16-29)19-7-9-20(10-8-19)34-26-24(33-27(34)35)15-31-23-12-11-22(32-25(23)26)18-13-17-5-3-4-6-21(17)30-14-18/h3-15H,1-2H3,(H,33,35). The fourth-order valence-corrected chi connectivity index (χ4v) is 4.35. The van der Waals surface area contributed by atoms with E-state index < -0.39 is 5.41 Å². The summed E-state index contributed by atoms with van der Waals surface area (Å²) in [7, 11) is 0. The molecule has 0 amide bonds. The van der Waals surface area contributed by atoms with E-state index in [0.717, 1.165) is 27.7 Å². The van der Waals surface area contributed by atoms with Gasteiger partial charge in [-0.05, 0) is 55.8 Å². The van der Waals surface area contributed by atoms with Gasteiger partial charge in [0.2, 0.25) is 0 Å². The summed E-state index contributed by atoms with van der Waals surface area (Å²) in [6.07, 6.45) is 3.46. The second-order valence-electron chi connectivity index (χ2n) is 9.05. The van der Waals surface area contributed by atoms with Crippen molar-refractivity contribution in [3.63, 3.8) is 0 Å². The van der Waals surface area contributed by atoms with E-state index >= 15 is 0 Å². The van der Waals surface area contributed by atoms with E-state index in [0.29, 0.717) is 27.8 Å². The van der Waals surface area contributed by atoms with Crippen molar-refractivity contribution < 1.29 is 0 Å². The third-order valence-electron chi connectivity index (χ3n) is 6.37. The molecule has 0 bridgehead atoms. The average Bonchev–Trinajstić information content (AvgIpc) is 3.24.